The highest BCUT2D eigenvalue weighted by molar-refractivity contribution is 5.92. The third-order valence-corrected chi connectivity index (χ3v) is 4.75. The number of hydrogen-bond acceptors (Lipinski definition) is 6. The van der Waals surface area contributed by atoms with Gasteiger partial charge in [0.2, 0.25) is 11.8 Å². The standard InChI is InChI=1S/C22H21N7O3/c1-14-3-5-16(6-4-14)11-29-21-20(26-27-29)22(32)28(13-23-21)12-19(31)25-18-9-7-17(8-10-18)24-15(2)30/h3-10,13H,11-12H2,1-2H3,(H,24,30)(H,25,31). The van der Waals surface area contributed by atoms with Crippen LogP contribution < -0.4 is 16.2 Å². The molecule has 0 aliphatic rings. The third kappa shape index (κ3) is 4.69. The van der Waals surface area contributed by atoms with Crippen LogP contribution in [-0.4, -0.2) is 36.4 Å². The predicted molar refractivity (Wildman–Crippen MR) is 119 cm³/mol. The summed E-state index contributed by atoms with van der Waals surface area (Å²) in [5.74, 6) is -0.576. The molecule has 0 aliphatic heterocycles. The summed E-state index contributed by atoms with van der Waals surface area (Å²) in [6.45, 7) is 3.64. The molecule has 32 heavy (non-hydrogen) atoms. The van der Waals surface area contributed by atoms with Gasteiger partial charge in [-0.1, -0.05) is 35.0 Å². The zero-order valence-electron chi connectivity index (χ0n) is 17.6. The lowest BCUT2D eigenvalue weighted by molar-refractivity contribution is -0.117. The number of carbonyl (C=O) groups excluding carboxylic acids is 2. The van der Waals surface area contributed by atoms with Gasteiger partial charge < -0.3 is 10.6 Å². The summed E-state index contributed by atoms with van der Waals surface area (Å²) < 4.78 is 2.75. The molecule has 10 heteroatoms. The quantitative estimate of drug-likeness (QED) is 0.481. The minimum atomic E-state index is -0.443. The number of nitrogens with zero attached hydrogens (tertiary/aromatic N) is 5. The topological polar surface area (TPSA) is 124 Å². The Morgan fingerprint density at radius 2 is 1.62 bits per heavy atom. The number of amides is 2. The van der Waals surface area contributed by atoms with E-state index in [1.165, 1.54) is 17.8 Å². The van der Waals surface area contributed by atoms with Gasteiger partial charge in [0.25, 0.3) is 5.56 Å². The second kappa shape index (κ2) is 8.80. The second-order valence-corrected chi connectivity index (χ2v) is 7.39. The van der Waals surface area contributed by atoms with Crippen LogP contribution in [-0.2, 0) is 22.7 Å². The summed E-state index contributed by atoms with van der Waals surface area (Å²) in [5, 5.41) is 13.4. The van der Waals surface area contributed by atoms with Gasteiger partial charge in [0, 0.05) is 18.3 Å². The molecule has 10 nitrogen and oxygen atoms in total. The number of fused-ring (bicyclic) bond motifs is 1. The van der Waals surface area contributed by atoms with Crippen molar-refractivity contribution in [2.45, 2.75) is 26.9 Å². The van der Waals surface area contributed by atoms with Crippen LogP contribution in [0.3, 0.4) is 0 Å². The summed E-state index contributed by atoms with van der Waals surface area (Å²) >= 11 is 0. The summed E-state index contributed by atoms with van der Waals surface area (Å²) in [6.07, 6.45) is 1.32. The molecule has 0 bridgehead atoms. The van der Waals surface area contributed by atoms with Crippen molar-refractivity contribution in [3.63, 3.8) is 0 Å². The summed E-state index contributed by atoms with van der Waals surface area (Å²) in [4.78, 5) is 40.5. The zero-order chi connectivity index (χ0) is 22.7. The first-order chi connectivity index (χ1) is 15.4. The minimum absolute atomic E-state index is 0.104. The molecular formula is C22H21N7O3. The van der Waals surface area contributed by atoms with Gasteiger partial charge in [0.1, 0.15) is 12.9 Å². The van der Waals surface area contributed by atoms with Crippen molar-refractivity contribution in [1.29, 1.82) is 0 Å². The van der Waals surface area contributed by atoms with E-state index >= 15 is 0 Å². The highest BCUT2D eigenvalue weighted by atomic mass is 16.2. The monoisotopic (exact) mass is 431 g/mol. The molecule has 2 amide bonds. The van der Waals surface area contributed by atoms with Crippen LogP contribution in [0, 0.1) is 6.92 Å². The van der Waals surface area contributed by atoms with Crippen LogP contribution in [0.5, 0.6) is 0 Å². The Labute approximate surface area is 182 Å². The van der Waals surface area contributed by atoms with Crippen LogP contribution in [0.1, 0.15) is 18.1 Å². The normalized spacial score (nSPS) is 10.8. The fraction of sp³-hybridized carbons (Fsp3) is 0.182. The Morgan fingerprint density at radius 1 is 0.969 bits per heavy atom. The van der Waals surface area contributed by atoms with Gasteiger partial charge in [-0.05, 0) is 36.8 Å². The molecule has 0 saturated carbocycles. The molecule has 4 aromatic rings. The van der Waals surface area contributed by atoms with Gasteiger partial charge in [-0.2, -0.15) is 0 Å². The van der Waals surface area contributed by atoms with Crippen molar-refractivity contribution in [2.75, 3.05) is 10.6 Å². The van der Waals surface area contributed by atoms with Crippen LogP contribution in [0.2, 0.25) is 0 Å². The molecule has 0 unspecified atom stereocenters. The van der Waals surface area contributed by atoms with E-state index in [4.69, 9.17) is 0 Å². The highest BCUT2D eigenvalue weighted by Crippen LogP contribution is 2.14. The molecular weight excluding hydrogens is 410 g/mol. The molecule has 2 heterocycles. The third-order valence-electron chi connectivity index (χ3n) is 4.75. The number of nitrogens with one attached hydrogen (secondary N) is 2. The van der Waals surface area contributed by atoms with Gasteiger partial charge in [-0.25, -0.2) is 9.67 Å². The Kier molecular flexibility index (Phi) is 5.75. The molecule has 4 rings (SSSR count). The smallest absolute Gasteiger partial charge is 0.283 e. The van der Waals surface area contributed by atoms with E-state index in [0.717, 1.165) is 11.1 Å². The van der Waals surface area contributed by atoms with E-state index in [-0.39, 0.29) is 18.0 Å². The molecule has 2 aromatic heterocycles. The fourth-order valence-electron chi connectivity index (χ4n) is 3.17. The Bertz CT molecular complexity index is 1340. The average molecular weight is 431 g/mol. The molecule has 0 fully saturated rings. The van der Waals surface area contributed by atoms with E-state index < -0.39 is 11.5 Å². The maximum absolute atomic E-state index is 12.8. The second-order valence-electron chi connectivity index (χ2n) is 7.39. The SMILES string of the molecule is CC(=O)Nc1ccc(NC(=O)Cn2cnc3c(nnn3Cc3ccc(C)cc3)c2=O)cc1. The number of rotatable bonds is 6. The molecule has 0 saturated heterocycles. The van der Waals surface area contributed by atoms with Gasteiger partial charge in [0.15, 0.2) is 11.2 Å². The number of carbonyl (C=O) groups is 2. The Morgan fingerprint density at radius 3 is 2.28 bits per heavy atom. The summed E-state index contributed by atoms with van der Waals surface area (Å²) in [6, 6.07) is 14.6. The lowest BCUT2D eigenvalue weighted by Gasteiger charge is -2.08. The zero-order valence-corrected chi connectivity index (χ0v) is 17.6. The number of aryl methyl sites for hydroxylation is 1. The van der Waals surface area contributed by atoms with E-state index in [1.807, 2.05) is 31.2 Å². The number of benzene rings is 2. The highest BCUT2D eigenvalue weighted by Gasteiger charge is 2.14. The number of aromatic nitrogens is 5. The van der Waals surface area contributed by atoms with Gasteiger partial charge in [0.05, 0.1) is 6.54 Å². The van der Waals surface area contributed by atoms with Gasteiger partial charge >= 0.3 is 0 Å². The van der Waals surface area contributed by atoms with Gasteiger partial charge in [-0.3, -0.25) is 19.0 Å². The van der Waals surface area contributed by atoms with Crippen molar-refractivity contribution in [3.8, 4) is 0 Å². The first kappa shape index (κ1) is 20.9. The van der Waals surface area contributed by atoms with Crippen LogP contribution in [0.4, 0.5) is 11.4 Å². The maximum Gasteiger partial charge on any atom is 0.283 e. The van der Waals surface area contributed by atoms with Crippen LogP contribution in [0.25, 0.3) is 11.2 Å². The van der Waals surface area contributed by atoms with E-state index in [1.54, 1.807) is 28.9 Å². The number of hydrogen-bond donors (Lipinski definition) is 2. The minimum Gasteiger partial charge on any atom is -0.326 e. The Hall–Kier alpha value is -4.34. The molecule has 0 aliphatic carbocycles. The van der Waals surface area contributed by atoms with E-state index in [9.17, 15) is 14.4 Å². The lowest BCUT2D eigenvalue weighted by atomic mass is 10.1. The molecule has 2 aromatic carbocycles. The Balaban J connectivity index is 1.47. The molecule has 2 N–H and O–H groups in total. The predicted octanol–water partition coefficient (Wildman–Crippen LogP) is 1.94. The van der Waals surface area contributed by atoms with Crippen LogP contribution in [0.15, 0.2) is 59.7 Å². The first-order valence-corrected chi connectivity index (χ1v) is 9.91. The van der Waals surface area contributed by atoms with Crippen LogP contribution >= 0.6 is 0 Å². The number of anilines is 2. The first-order valence-electron chi connectivity index (χ1n) is 9.91. The summed E-state index contributed by atoms with van der Waals surface area (Å²) in [5.41, 5.74) is 3.34. The van der Waals surface area contributed by atoms with Crippen molar-refractivity contribution < 1.29 is 9.59 Å². The lowest BCUT2D eigenvalue weighted by Crippen LogP contribution is -2.28. The molecule has 0 spiro atoms. The average Bonchev–Trinajstić information content (AvgIpc) is 3.16. The summed E-state index contributed by atoms with van der Waals surface area (Å²) in [7, 11) is 0. The van der Waals surface area contributed by atoms with Crippen molar-refractivity contribution >= 4 is 34.4 Å². The van der Waals surface area contributed by atoms with E-state index in [2.05, 4.69) is 25.9 Å². The van der Waals surface area contributed by atoms with Crippen molar-refractivity contribution in [2.24, 2.45) is 0 Å². The largest absolute Gasteiger partial charge is 0.326 e. The van der Waals surface area contributed by atoms with Crippen molar-refractivity contribution in [3.05, 3.63) is 76.3 Å². The molecule has 0 atom stereocenters. The van der Waals surface area contributed by atoms with Crippen molar-refractivity contribution in [1.82, 2.24) is 24.5 Å². The maximum atomic E-state index is 12.8. The molecule has 162 valence electrons. The molecule has 0 radical (unpaired) electrons. The fourth-order valence-corrected chi connectivity index (χ4v) is 3.17. The van der Waals surface area contributed by atoms with E-state index in [0.29, 0.717) is 23.6 Å². The van der Waals surface area contributed by atoms with Gasteiger partial charge in [-0.15, -0.1) is 5.10 Å².